The third-order valence-corrected chi connectivity index (χ3v) is 5.56. The van der Waals surface area contributed by atoms with Gasteiger partial charge in [-0.05, 0) is 32.1 Å². The molecular formula is C15H27N3S. The minimum absolute atomic E-state index is 0.224. The first-order chi connectivity index (χ1) is 9.19. The van der Waals surface area contributed by atoms with E-state index in [4.69, 9.17) is 10.7 Å². The zero-order chi connectivity index (χ0) is 13.8. The predicted molar refractivity (Wildman–Crippen MR) is 83.9 cm³/mol. The van der Waals surface area contributed by atoms with Crippen LogP contribution in [0.15, 0.2) is 0 Å². The van der Waals surface area contributed by atoms with Crippen LogP contribution in [0.2, 0.25) is 0 Å². The zero-order valence-electron chi connectivity index (χ0n) is 12.5. The summed E-state index contributed by atoms with van der Waals surface area (Å²) in [6, 6.07) is 0.224. The maximum Gasteiger partial charge on any atom is 0.185 e. The molecule has 1 unspecified atom stereocenters. The van der Waals surface area contributed by atoms with Gasteiger partial charge in [-0.2, -0.15) is 0 Å². The van der Waals surface area contributed by atoms with E-state index in [1.807, 2.05) is 11.3 Å². The van der Waals surface area contributed by atoms with E-state index in [0.717, 1.165) is 31.8 Å². The molecular weight excluding hydrogens is 254 g/mol. The maximum absolute atomic E-state index is 6.21. The lowest BCUT2D eigenvalue weighted by atomic mass is 9.99. The van der Waals surface area contributed by atoms with Crippen LogP contribution in [0, 0.1) is 5.92 Å². The lowest BCUT2D eigenvalue weighted by molar-refractivity contribution is 0.485. The van der Waals surface area contributed by atoms with Crippen molar-refractivity contribution in [2.24, 2.45) is 11.7 Å². The average Bonchev–Trinajstić information content (AvgIpc) is 2.85. The van der Waals surface area contributed by atoms with Gasteiger partial charge in [0.25, 0.3) is 0 Å². The highest BCUT2D eigenvalue weighted by molar-refractivity contribution is 7.15. The molecule has 0 aliphatic heterocycles. The van der Waals surface area contributed by atoms with Crippen molar-refractivity contribution in [1.82, 2.24) is 4.98 Å². The van der Waals surface area contributed by atoms with Gasteiger partial charge in [-0.3, -0.25) is 0 Å². The van der Waals surface area contributed by atoms with Crippen molar-refractivity contribution in [3.05, 3.63) is 10.6 Å². The molecule has 2 rings (SSSR count). The monoisotopic (exact) mass is 281 g/mol. The Kier molecular flexibility index (Phi) is 5.22. The van der Waals surface area contributed by atoms with Gasteiger partial charge < -0.3 is 10.6 Å². The fourth-order valence-electron chi connectivity index (χ4n) is 2.78. The van der Waals surface area contributed by atoms with Crippen molar-refractivity contribution in [2.75, 3.05) is 18.0 Å². The molecule has 2 N–H and O–H groups in total. The molecule has 0 bridgehead atoms. The Labute approximate surface area is 121 Å². The summed E-state index contributed by atoms with van der Waals surface area (Å²) in [5.74, 6) is 0.773. The summed E-state index contributed by atoms with van der Waals surface area (Å²) >= 11 is 1.83. The first kappa shape index (κ1) is 14.8. The van der Waals surface area contributed by atoms with Gasteiger partial charge in [-0.15, -0.1) is 0 Å². The highest BCUT2D eigenvalue weighted by Crippen LogP contribution is 2.36. The normalized spacial score (nSPS) is 18.7. The number of aryl methyl sites for hydroxylation is 1. The Morgan fingerprint density at radius 3 is 2.68 bits per heavy atom. The lowest BCUT2D eigenvalue weighted by Gasteiger charge is -2.24. The van der Waals surface area contributed by atoms with Crippen molar-refractivity contribution in [3.63, 3.8) is 0 Å². The number of aromatic nitrogens is 1. The van der Waals surface area contributed by atoms with Crippen LogP contribution in [-0.2, 0) is 6.42 Å². The van der Waals surface area contributed by atoms with Gasteiger partial charge in [0, 0.05) is 24.0 Å². The second kappa shape index (κ2) is 6.71. The van der Waals surface area contributed by atoms with E-state index in [1.165, 1.54) is 35.0 Å². The average molecular weight is 281 g/mol. The Balaban J connectivity index is 2.15. The van der Waals surface area contributed by atoms with Gasteiger partial charge in [0.2, 0.25) is 0 Å². The first-order valence-electron chi connectivity index (χ1n) is 7.69. The van der Waals surface area contributed by atoms with Gasteiger partial charge in [0.15, 0.2) is 5.13 Å². The lowest BCUT2D eigenvalue weighted by Crippen LogP contribution is -2.28. The molecule has 0 saturated carbocycles. The number of hydrogen-bond acceptors (Lipinski definition) is 4. The molecule has 0 amide bonds. The van der Waals surface area contributed by atoms with Crippen LogP contribution in [0.3, 0.4) is 0 Å². The topological polar surface area (TPSA) is 42.2 Å². The van der Waals surface area contributed by atoms with E-state index in [9.17, 15) is 0 Å². The molecule has 0 spiro atoms. The number of hydrogen-bond donors (Lipinski definition) is 1. The fourth-order valence-corrected chi connectivity index (χ4v) is 4.00. The van der Waals surface area contributed by atoms with Crippen molar-refractivity contribution in [3.8, 4) is 0 Å². The minimum atomic E-state index is 0.224. The minimum Gasteiger partial charge on any atom is -0.348 e. The molecule has 0 radical (unpaired) electrons. The second-order valence-corrected chi connectivity index (χ2v) is 6.54. The Morgan fingerprint density at radius 1 is 1.37 bits per heavy atom. The maximum atomic E-state index is 6.21. The van der Waals surface area contributed by atoms with Gasteiger partial charge in [-0.25, -0.2) is 4.98 Å². The highest BCUT2D eigenvalue weighted by atomic mass is 32.1. The van der Waals surface area contributed by atoms with Crippen LogP contribution in [0.25, 0.3) is 0 Å². The van der Waals surface area contributed by atoms with E-state index in [0.29, 0.717) is 0 Å². The molecule has 19 heavy (non-hydrogen) atoms. The summed E-state index contributed by atoms with van der Waals surface area (Å²) in [6.45, 7) is 8.96. The summed E-state index contributed by atoms with van der Waals surface area (Å²) in [5, 5.41) is 1.19. The van der Waals surface area contributed by atoms with E-state index >= 15 is 0 Å². The molecule has 1 aromatic heterocycles. The largest absolute Gasteiger partial charge is 0.348 e. The summed E-state index contributed by atoms with van der Waals surface area (Å²) in [7, 11) is 0. The van der Waals surface area contributed by atoms with Crippen LogP contribution in [0.1, 0.15) is 63.1 Å². The summed E-state index contributed by atoms with van der Waals surface area (Å²) in [5.41, 5.74) is 7.47. The van der Waals surface area contributed by atoms with Crippen molar-refractivity contribution >= 4 is 16.5 Å². The van der Waals surface area contributed by atoms with Crippen molar-refractivity contribution < 1.29 is 0 Å². The van der Waals surface area contributed by atoms with Crippen LogP contribution in [0.4, 0.5) is 5.13 Å². The number of nitrogens with two attached hydrogens (primary N) is 1. The Morgan fingerprint density at radius 2 is 2.11 bits per heavy atom. The second-order valence-electron chi connectivity index (χ2n) is 5.53. The summed E-state index contributed by atoms with van der Waals surface area (Å²) < 4.78 is 0. The van der Waals surface area contributed by atoms with Gasteiger partial charge in [0.05, 0.1) is 5.69 Å². The van der Waals surface area contributed by atoms with Gasteiger partial charge >= 0.3 is 0 Å². The van der Waals surface area contributed by atoms with Crippen LogP contribution < -0.4 is 10.6 Å². The van der Waals surface area contributed by atoms with Crippen LogP contribution in [0.5, 0.6) is 0 Å². The standard InChI is InChI=1S/C15H27N3S/c1-4-11(5-2)10-18(6-3)15-17-13-9-7-8-12(16)14(13)19-15/h11-12H,4-10,16H2,1-3H3. The molecule has 3 nitrogen and oxygen atoms in total. The van der Waals surface area contributed by atoms with Crippen LogP contribution >= 0.6 is 11.3 Å². The van der Waals surface area contributed by atoms with Crippen LogP contribution in [-0.4, -0.2) is 18.1 Å². The van der Waals surface area contributed by atoms with E-state index in [1.54, 1.807) is 0 Å². The van der Waals surface area contributed by atoms with Crippen molar-refractivity contribution in [2.45, 2.75) is 58.9 Å². The summed E-state index contributed by atoms with van der Waals surface area (Å²) in [6.07, 6.45) is 5.92. The number of nitrogens with zero attached hydrogens (tertiary/aromatic N) is 2. The Hall–Kier alpha value is -0.610. The van der Waals surface area contributed by atoms with E-state index in [2.05, 4.69) is 25.7 Å². The first-order valence-corrected chi connectivity index (χ1v) is 8.51. The van der Waals surface area contributed by atoms with E-state index in [-0.39, 0.29) is 6.04 Å². The molecule has 4 heteroatoms. The van der Waals surface area contributed by atoms with Gasteiger partial charge in [0.1, 0.15) is 0 Å². The molecule has 0 saturated heterocycles. The van der Waals surface area contributed by atoms with Crippen molar-refractivity contribution in [1.29, 1.82) is 0 Å². The molecule has 1 aliphatic carbocycles. The van der Waals surface area contributed by atoms with Gasteiger partial charge in [-0.1, -0.05) is 38.0 Å². The molecule has 1 atom stereocenters. The molecule has 108 valence electrons. The fraction of sp³-hybridized carbons (Fsp3) is 0.800. The number of fused-ring (bicyclic) bond motifs is 1. The molecule has 1 heterocycles. The smallest absolute Gasteiger partial charge is 0.185 e. The SMILES string of the molecule is CCC(CC)CN(CC)c1nc2c(s1)C(N)CCC2. The predicted octanol–water partition coefficient (Wildman–Crippen LogP) is 3.74. The third-order valence-electron chi connectivity index (χ3n) is 4.27. The number of anilines is 1. The highest BCUT2D eigenvalue weighted by Gasteiger charge is 2.24. The summed E-state index contributed by atoms with van der Waals surface area (Å²) in [4.78, 5) is 8.63. The molecule has 0 aromatic carbocycles. The number of rotatable bonds is 6. The Bertz CT molecular complexity index is 398. The third kappa shape index (κ3) is 3.29. The zero-order valence-corrected chi connectivity index (χ0v) is 13.3. The van der Waals surface area contributed by atoms with E-state index < -0.39 is 0 Å². The molecule has 1 aromatic rings. The molecule has 1 aliphatic rings. The number of thiazole rings is 1. The quantitative estimate of drug-likeness (QED) is 0.863. The molecule has 0 fully saturated rings.